The van der Waals surface area contributed by atoms with E-state index in [1.165, 1.54) is 13.2 Å². The number of nitrogens with zero attached hydrogens (tertiary/aromatic N) is 2. The van der Waals surface area contributed by atoms with Crippen molar-refractivity contribution in [2.24, 2.45) is 0 Å². The molecule has 7 heteroatoms. The lowest BCUT2D eigenvalue weighted by Gasteiger charge is -2.37. The summed E-state index contributed by atoms with van der Waals surface area (Å²) < 4.78 is 17.5. The Labute approximate surface area is 110 Å². The number of anilines is 2. The number of methoxy groups -OCH3 is 1. The van der Waals surface area contributed by atoms with Crippen LogP contribution in [-0.2, 0) is 9.53 Å². The summed E-state index contributed by atoms with van der Waals surface area (Å²) in [6.45, 7) is 0.795. The van der Waals surface area contributed by atoms with Gasteiger partial charge in [-0.3, -0.25) is 0 Å². The monoisotopic (exact) mass is 269 g/mol. The van der Waals surface area contributed by atoms with Crippen LogP contribution in [0.4, 0.5) is 15.9 Å². The standard InChI is InChI=1S/C12H16FN3O3/c1-19-11(17)12(18)2-4-16(5-3-12)10-9(14)6-8(13)7-15-10/h6-7,18H,2-5,14H2,1H3. The zero-order valence-corrected chi connectivity index (χ0v) is 10.6. The maximum absolute atomic E-state index is 12.9. The lowest BCUT2D eigenvalue weighted by Crippen LogP contribution is -2.50. The van der Waals surface area contributed by atoms with Gasteiger partial charge in [-0.15, -0.1) is 0 Å². The minimum absolute atomic E-state index is 0.220. The smallest absolute Gasteiger partial charge is 0.337 e. The molecule has 2 rings (SSSR count). The molecule has 0 atom stereocenters. The quantitative estimate of drug-likeness (QED) is 0.751. The number of ether oxygens (including phenoxy) is 1. The molecule has 1 fully saturated rings. The van der Waals surface area contributed by atoms with Gasteiger partial charge in [-0.05, 0) is 0 Å². The number of aliphatic hydroxyl groups is 1. The Morgan fingerprint density at radius 1 is 1.58 bits per heavy atom. The molecule has 0 bridgehead atoms. The molecule has 0 spiro atoms. The molecule has 6 nitrogen and oxygen atoms in total. The number of carbonyl (C=O) groups excluding carboxylic acids is 1. The van der Waals surface area contributed by atoms with Crippen molar-refractivity contribution in [1.82, 2.24) is 4.98 Å². The molecule has 1 aromatic rings. The van der Waals surface area contributed by atoms with Gasteiger partial charge in [0.05, 0.1) is 19.0 Å². The Balaban J connectivity index is 2.10. The van der Waals surface area contributed by atoms with Gasteiger partial charge in [0.2, 0.25) is 0 Å². The van der Waals surface area contributed by atoms with E-state index in [0.29, 0.717) is 18.9 Å². The molecular formula is C12H16FN3O3. The first-order valence-electron chi connectivity index (χ1n) is 5.93. The highest BCUT2D eigenvalue weighted by Crippen LogP contribution is 2.29. The van der Waals surface area contributed by atoms with Gasteiger partial charge in [-0.25, -0.2) is 14.2 Å². The van der Waals surface area contributed by atoms with Crippen LogP contribution in [0.2, 0.25) is 0 Å². The van der Waals surface area contributed by atoms with Crippen molar-refractivity contribution in [3.05, 3.63) is 18.1 Å². The maximum Gasteiger partial charge on any atom is 0.337 e. The summed E-state index contributed by atoms with van der Waals surface area (Å²) in [7, 11) is 1.24. The van der Waals surface area contributed by atoms with Crippen molar-refractivity contribution in [1.29, 1.82) is 0 Å². The minimum atomic E-state index is -1.46. The summed E-state index contributed by atoms with van der Waals surface area (Å²) in [6.07, 6.45) is 1.53. The van der Waals surface area contributed by atoms with E-state index in [-0.39, 0.29) is 18.5 Å². The lowest BCUT2D eigenvalue weighted by molar-refractivity contribution is -0.164. The van der Waals surface area contributed by atoms with Gasteiger partial charge < -0.3 is 20.5 Å². The summed E-state index contributed by atoms with van der Waals surface area (Å²) in [5, 5.41) is 10.1. The molecule has 1 saturated heterocycles. The number of hydrogen-bond acceptors (Lipinski definition) is 6. The molecule has 104 valence electrons. The van der Waals surface area contributed by atoms with Gasteiger partial charge in [0, 0.05) is 32.0 Å². The molecule has 0 amide bonds. The van der Waals surface area contributed by atoms with Gasteiger partial charge in [-0.1, -0.05) is 0 Å². The fourth-order valence-corrected chi connectivity index (χ4v) is 2.19. The van der Waals surface area contributed by atoms with Crippen LogP contribution in [-0.4, -0.2) is 41.9 Å². The number of esters is 1. The van der Waals surface area contributed by atoms with E-state index in [1.807, 2.05) is 4.90 Å². The number of pyridine rings is 1. The number of nitrogen functional groups attached to an aromatic ring is 1. The highest BCUT2D eigenvalue weighted by Gasteiger charge is 2.40. The van der Waals surface area contributed by atoms with Gasteiger partial charge in [0.1, 0.15) is 5.82 Å². The van der Waals surface area contributed by atoms with Crippen molar-refractivity contribution in [2.45, 2.75) is 18.4 Å². The fourth-order valence-electron chi connectivity index (χ4n) is 2.19. The summed E-state index contributed by atoms with van der Waals surface area (Å²) in [5.41, 5.74) is 4.49. The van der Waals surface area contributed by atoms with Crippen molar-refractivity contribution < 1.29 is 19.0 Å². The number of carbonyl (C=O) groups is 1. The second-order valence-corrected chi connectivity index (χ2v) is 4.58. The zero-order chi connectivity index (χ0) is 14.0. The molecule has 0 radical (unpaired) electrons. The van der Waals surface area contributed by atoms with E-state index in [1.54, 1.807) is 0 Å². The lowest BCUT2D eigenvalue weighted by atomic mass is 9.91. The van der Waals surface area contributed by atoms with Crippen molar-refractivity contribution in [3.8, 4) is 0 Å². The minimum Gasteiger partial charge on any atom is -0.467 e. The third-order valence-electron chi connectivity index (χ3n) is 3.32. The van der Waals surface area contributed by atoms with Gasteiger partial charge in [0.25, 0.3) is 0 Å². The van der Waals surface area contributed by atoms with E-state index < -0.39 is 17.4 Å². The Kier molecular flexibility index (Phi) is 3.57. The first-order valence-corrected chi connectivity index (χ1v) is 5.93. The largest absolute Gasteiger partial charge is 0.467 e. The third kappa shape index (κ3) is 2.60. The van der Waals surface area contributed by atoms with E-state index in [4.69, 9.17) is 5.73 Å². The molecular weight excluding hydrogens is 253 g/mol. The van der Waals surface area contributed by atoms with Crippen molar-refractivity contribution in [3.63, 3.8) is 0 Å². The maximum atomic E-state index is 12.9. The second kappa shape index (κ2) is 5.00. The van der Waals surface area contributed by atoms with Crippen LogP contribution in [0.3, 0.4) is 0 Å². The topological polar surface area (TPSA) is 88.7 Å². The third-order valence-corrected chi connectivity index (χ3v) is 3.32. The van der Waals surface area contributed by atoms with Crippen LogP contribution < -0.4 is 10.6 Å². The van der Waals surface area contributed by atoms with Gasteiger partial charge in [-0.2, -0.15) is 0 Å². The zero-order valence-electron chi connectivity index (χ0n) is 10.6. The van der Waals surface area contributed by atoms with Crippen LogP contribution in [0.25, 0.3) is 0 Å². The first-order chi connectivity index (χ1) is 8.96. The molecule has 1 aliphatic heterocycles. The Morgan fingerprint density at radius 3 is 2.74 bits per heavy atom. The second-order valence-electron chi connectivity index (χ2n) is 4.58. The van der Waals surface area contributed by atoms with Crippen LogP contribution in [0.15, 0.2) is 12.3 Å². The van der Waals surface area contributed by atoms with E-state index in [0.717, 1.165) is 6.20 Å². The molecule has 0 unspecified atom stereocenters. The number of piperidine rings is 1. The average molecular weight is 269 g/mol. The van der Waals surface area contributed by atoms with Crippen LogP contribution in [0, 0.1) is 5.82 Å². The van der Waals surface area contributed by atoms with Crippen molar-refractivity contribution in [2.75, 3.05) is 30.8 Å². The molecule has 0 saturated carbocycles. The Morgan fingerprint density at radius 2 is 2.21 bits per heavy atom. The van der Waals surface area contributed by atoms with E-state index in [9.17, 15) is 14.3 Å². The SMILES string of the molecule is COC(=O)C1(O)CCN(c2ncc(F)cc2N)CC1. The highest BCUT2D eigenvalue weighted by atomic mass is 19.1. The number of hydrogen-bond donors (Lipinski definition) is 2. The summed E-state index contributed by atoms with van der Waals surface area (Å²) in [5.74, 6) is -0.662. The molecule has 0 aliphatic carbocycles. The Hall–Kier alpha value is -1.89. The number of rotatable bonds is 2. The van der Waals surface area contributed by atoms with Gasteiger partial charge in [0.15, 0.2) is 11.4 Å². The summed E-state index contributed by atoms with van der Waals surface area (Å²) >= 11 is 0. The number of aromatic nitrogens is 1. The Bertz CT molecular complexity index is 487. The fraction of sp³-hybridized carbons (Fsp3) is 0.500. The average Bonchev–Trinajstić information content (AvgIpc) is 2.39. The molecule has 19 heavy (non-hydrogen) atoms. The summed E-state index contributed by atoms with van der Waals surface area (Å²) in [4.78, 5) is 17.2. The van der Waals surface area contributed by atoms with Gasteiger partial charge >= 0.3 is 5.97 Å². The van der Waals surface area contributed by atoms with E-state index in [2.05, 4.69) is 9.72 Å². The predicted octanol–water partition coefficient (Wildman–Crippen LogP) is 0.307. The number of nitrogens with two attached hydrogens (primary N) is 1. The number of halogens is 1. The predicted molar refractivity (Wildman–Crippen MR) is 67.0 cm³/mol. The molecule has 1 aliphatic rings. The molecule has 3 N–H and O–H groups in total. The molecule has 2 heterocycles. The van der Waals surface area contributed by atoms with Crippen LogP contribution in [0.5, 0.6) is 0 Å². The molecule has 0 aromatic carbocycles. The molecule has 1 aromatic heterocycles. The van der Waals surface area contributed by atoms with Crippen LogP contribution >= 0.6 is 0 Å². The highest BCUT2D eigenvalue weighted by molar-refractivity contribution is 5.79. The normalized spacial score (nSPS) is 18.2. The summed E-state index contributed by atoms with van der Waals surface area (Å²) in [6, 6.07) is 1.20. The first kappa shape index (κ1) is 13.5. The van der Waals surface area contributed by atoms with Crippen LogP contribution in [0.1, 0.15) is 12.8 Å². The van der Waals surface area contributed by atoms with E-state index >= 15 is 0 Å². The van der Waals surface area contributed by atoms with Crippen molar-refractivity contribution >= 4 is 17.5 Å².